The van der Waals surface area contributed by atoms with Gasteiger partial charge in [-0.05, 0) is 175 Å². The number of carbonyl (C=O) groups is 6. The third-order valence-electron chi connectivity index (χ3n) is 22.9. The second-order valence-electron chi connectivity index (χ2n) is 33.4. The van der Waals surface area contributed by atoms with E-state index in [1.807, 2.05) is 91.3 Å². The minimum absolute atomic E-state index is 0. The monoisotopic (exact) mass is 2110 g/mol. The number of aliphatic hydroxyl groups is 1. The number of esters is 4. The Morgan fingerprint density at radius 2 is 0.921 bits per heavy atom. The van der Waals surface area contributed by atoms with Gasteiger partial charge in [-0.1, -0.05) is 260 Å². The van der Waals surface area contributed by atoms with Crippen LogP contribution in [0.3, 0.4) is 0 Å². The Morgan fingerprint density at radius 3 is 1.33 bits per heavy atom. The standard InChI is InChI=1S/C31H39NO3Si.C24H33NO3Si.C15H21NO3.C15H19NO3.C12H12FIN2O.CH2O3.2Cs.H/c1-5-34-30(33)28-21-22-32(23-25-15-9-6-10-16-25)24-29(28)35-36(31(2,3)4,26-17-11-7-12-18-26)27-19-13-8-14-20-27;1-5-27-23(26)21-16-17-25-18-22(21)28-29(24(2,3)4,19-12-8-6-9-13-19)20-14-10-7-11-15-20;2*1-2-19-15(18)13-8-9-16(11-14(13)17)10-12-6-4-3-5-7-12;13-8-4-3-5-9-11(8)12(14)15-16(9)10-6-1-2-7-17-10;2-1-4-3;;;/h6-20,28-29H,5,21-24H2,1-4H3;6-15,21-22,25H,5,16-18H2,1-4H3;3-7,13-14,17H,2,8-11H2,1H3;3-7,13H,2,8-11H2,1H3;3-5,10H,1-2,6-7H2;1,3H;;;/q;;;;;;2*+1;-1/p-1/t28-,29-;21-,22-;;;;;;;/m11......./s1. The average Bonchev–Trinajstić information content (AvgIpc) is 1.64. The van der Waals surface area contributed by atoms with Crippen molar-refractivity contribution in [2.24, 2.45) is 23.7 Å². The summed E-state index contributed by atoms with van der Waals surface area (Å²) in [6.45, 7) is 30.8. The van der Waals surface area contributed by atoms with Crippen LogP contribution < -0.4 is 169 Å². The van der Waals surface area contributed by atoms with Crippen LogP contribution in [0.1, 0.15) is 139 Å². The topological polar surface area (TPSA) is 259 Å². The molecule has 126 heavy (non-hydrogen) atoms. The fourth-order valence-electron chi connectivity index (χ4n) is 17.0. The predicted molar refractivity (Wildman–Crippen MR) is 492 cm³/mol. The van der Waals surface area contributed by atoms with E-state index in [1.165, 1.54) is 43.5 Å². The molecular weight excluding hydrogens is 1980 g/mol. The zero-order valence-corrected chi connectivity index (χ0v) is 92.2. The summed E-state index contributed by atoms with van der Waals surface area (Å²) in [5, 5.41) is 31.6. The number of halogens is 2. The van der Waals surface area contributed by atoms with Gasteiger partial charge in [0.15, 0.2) is 12.0 Å². The van der Waals surface area contributed by atoms with Gasteiger partial charge in [0.2, 0.25) is 0 Å². The first-order valence-corrected chi connectivity index (χ1v) is 48.3. The van der Waals surface area contributed by atoms with Crippen LogP contribution in [0.4, 0.5) is 4.39 Å². The molecule has 8 atom stereocenters. The number of Topliss-reactive ketones (excluding diaryl/α,β-unsaturated/α-hetero) is 1. The summed E-state index contributed by atoms with van der Waals surface area (Å²) in [6.07, 6.45) is 4.73. The summed E-state index contributed by atoms with van der Waals surface area (Å²) in [5.74, 6) is -2.61. The van der Waals surface area contributed by atoms with Gasteiger partial charge in [-0.15, -0.1) is 0 Å². The molecule has 0 bridgehead atoms. The van der Waals surface area contributed by atoms with E-state index in [-0.39, 0.29) is 227 Å². The van der Waals surface area contributed by atoms with Crippen LogP contribution >= 0.6 is 22.6 Å². The minimum atomic E-state index is -2.80. The molecule has 5 aliphatic heterocycles. The van der Waals surface area contributed by atoms with Gasteiger partial charge in [0.1, 0.15) is 15.4 Å². The SMILES string of the molecule is CCOC(=O)C1CCN(Cc2ccccc2)CC1=O.CCOC(=O)C1CCN(Cc2ccccc2)CC1O.CCOC(=O)[C@@H]1CCN(Cc2ccccc2)C[C@H]1O[Si](c1ccccc1)(c1ccccc1)C(C)(C)C.CCOC(=O)[C@@H]1CCNC[C@H]1O[Si](c1ccccc1)(c1ccccc1)C(C)(C)C.Fc1cccc2c1c(I)nn2C1CCCCO1.O=CO[O-].[Cs+].[Cs+].[H-]. The summed E-state index contributed by atoms with van der Waals surface area (Å²) < 4.78 is 57.4. The Labute approximate surface area is 879 Å². The number of hydrogen-bond donors (Lipinski definition) is 2. The largest absolute Gasteiger partial charge is 1.00 e. The molecule has 4 unspecified atom stereocenters. The van der Waals surface area contributed by atoms with E-state index < -0.39 is 28.7 Å². The minimum Gasteiger partial charge on any atom is -1.00 e. The molecular formula is C98H126Cs2FIN6O16Si2. The number of nitrogens with one attached hydrogen (secondary N) is 1. The maximum atomic E-state index is 13.7. The Bertz CT molecular complexity index is 4640. The van der Waals surface area contributed by atoms with Gasteiger partial charge in [0.05, 0.1) is 79.9 Å². The van der Waals surface area contributed by atoms with E-state index in [0.29, 0.717) is 74.5 Å². The molecule has 6 heterocycles. The van der Waals surface area contributed by atoms with Gasteiger partial charge < -0.3 is 54.5 Å². The number of ether oxygens (including phenoxy) is 5. The number of fused-ring (bicyclic) bond motifs is 1. The van der Waals surface area contributed by atoms with Crippen LogP contribution in [0.5, 0.6) is 0 Å². The van der Waals surface area contributed by atoms with E-state index in [9.17, 15) is 33.5 Å². The zero-order chi connectivity index (χ0) is 89.1. The number of hydrogen-bond acceptors (Lipinski definition) is 21. The number of aromatic nitrogens is 2. The molecule has 1 aromatic heterocycles. The Hall–Kier alpha value is -4.91. The third kappa shape index (κ3) is 30.8. The molecule has 9 aromatic rings. The van der Waals surface area contributed by atoms with Gasteiger partial charge in [0.25, 0.3) is 23.1 Å². The van der Waals surface area contributed by atoms with E-state index >= 15 is 0 Å². The number of β-amino-alcohol motifs (C(OH)–C–C–N with tert-alkyl or cyclic N) is 1. The number of benzene rings is 8. The molecule has 5 saturated heterocycles. The Morgan fingerprint density at radius 1 is 0.532 bits per heavy atom. The first kappa shape index (κ1) is 108. The van der Waals surface area contributed by atoms with Crippen molar-refractivity contribution in [2.75, 3.05) is 85.4 Å². The Kier molecular flexibility index (Phi) is 47.7. The molecule has 5 fully saturated rings. The molecule has 0 spiro atoms. The van der Waals surface area contributed by atoms with Crippen molar-refractivity contribution in [2.45, 2.75) is 168 Å². The zero-order valence-electron chi connectivity index (χ0n) is 76.5. The van der Waals surface area contributed by atoms with Crippen molar-refractivity contribution in [1.29, 1.82) is 0 Å². The summed E-state index contributed by atoms with van der Waals surface area (Å²) >= 11 is 2.07. The average molecular weight is 2110 g/mol. The Balaban J connectivity index is 0.000000247. The van der Waals surface area contributed by atoms with E-state index in [2.05, 4.69) is 240 Å². The fourth-order valence-corrected chi connectivity index (χ4v) is 27.2. The molecule has 22 nitrogen and oxygen atoms in total. The van der Waals surface area contributed by atoms with Crippen molar-refractivity contribution in [3.63, 3.8) is 0 Å². The number of aliphatic hydroxyl groups excluding tert-OH is 1. The maximum Gasteiger partial charge on any atom is 1.00 e. The van der Waals surface area contributed by atoms with E-state index in [4.69, 9.17) is 42.6 Å². The van der Waals surface area contributed by atoms with Crippen molar-refractivity contribution in [3.8, 4) is 0 Å². The van der Waals surface area contributed by atoms with E-state index in [0.717, 1.165) is 90.0 Å². The summed E-state index contributed by atoms with van der Waals surface area (Å²) in [4.78, 5) is 79.1. The van der Waals surface area contributed by atoms with E-state index in [1.54, 1.807) is 19.9 Å². The molecule has 0 radical (unpaired) electrons. The second kappa shape index (κ2) is 55.6. The molecule has 2 N–H and O–H groups in total. The summed E-state index contributed by atoms with van der Waals surface area (Å²) in [6, 6.07) is 78.3. The quantitative estimate of drug-likeness (QED) is 0.00883. The summed E-state index contributed by atoms with van der Waals surface area (Å²) in [5.41, 5.74) is 4.51. The van der Waals surface area contributed by atoms with Crippen LogP contribution in [-0.4, -0.2) is 186 Å². The molecule has 0 saturated carbocycles. The number of piperidine rings is 4. The van der Waals surface area contributed by atoms with Crippen LogP contribution in [0.25, 0.3) is 10.9 Å². The predicted octanol–water partition coefficient (Wildman–Crippen LogP) is 7.23. The molecule has 28 heteroatoms. The van der Waals surface area contributed by atoms with Crippen LogP contribution in [0.2, 0.25) is 10.1 Å². The molecule has 668 valence electrons. The molecule has 0 amide bonds. The maximum absolute atomic E-state index is 13.7. The number of rotatable bonds is 24. The van der Waals surface area contributed by atoms with Gasteiger partial charge in [-0.25, -0.2) is 9.07 Å². The van der Waals surface area contributed by atoms with Crippen molar-refractivity contribution < 1.29 is 220 Å². The van der Waals surface area contributed by atoms with Crippen molar-refractivity contribution in [1.82, 2.24) is 29.8 Å². The summed E-state index contributed by atoms with van der Waals surface area (Å²) in [7, 11) is -5.50. The first-order valence-electron chi connectivity index (χ1n) is 43.4. The first-order chi connectivity index (χ1) is 59.8. The molecule has 8 aromatic carbocycles. The van der Waals surface area contributed by atoms with Crippen LogP contribution in [0, 0.1) is 33.2 Å². The van der Waals surface area contributed by atoms with Crippen LogP contribution in [0.15, 0.2) is 231 Å². The molecule has 0 aliphatic carbocycles. The molecule has 14 rings (SSSR count). The number of carbonyl (C=O) groups excluding carboxylic acids is 6. The second-order valence-corrected chi connectivity index (χ2v) is 43.0. The van der Waals surface area contributed by atoms with Gasteiger partial charge in [0, 0.05) is 52.4 Å². The van der Waals surface area contributed by atoms with Crippen molar-refractivity contribution >= 4 is 107 Å². The van der Waals surface area contributed by atoms with Gasteiger partial charge in [-0.3, -0.25) is 43.5 Å². The number of ketones is 1. The normalized spacial score (nSPS) is 19.8. The smallest absolute Gasteiger partial charge is 1.00 e. The molecule has 5 aliphatic rings. The number of likely N-dealkylation sites (tertiary alicyclic amines) is 3. The number of nitrogens with zero attached hydrogens (tertiary/aromatic N) is 5. The van der Waals surface area contributed by atoms with Gasteiger partial charge in [-0.2, -0.15) is 5.10 Å². The fraction of sp³-hybridized carbons (Fsp3) is 0.439. The van der Waals surface area contributed by atoms with Crippen LogP contribution in [-0.2, 0) is 85.8 Å². The van der Waals surface area contributed by atoms with Gasteiger partial charge >= 0.3 is 162 Å². The van der Waals surface area contributed by atoms with Crippen molar-refractivity contribution in [3.05, 3.63) is 257 Å². The third-order valence-corrected chi connectivity index (χ3v) is 33.8.